The average molecular weight is 190 g/mol. The van der Waals surface area contributed by atoms with Crippen LogP contribution in [0, 0.1) is 0 Å². The molecular formula is C9H6N2O3. The molecule has 0 saturated heterocycles. The molecule has 0 unspecified atom stereocenters. The fourth-order valence-corrected chi connectivity index (χ4v) is 0.929. The van der Waals surface area contributed by atoms with E-state index in [9.17, 15) is 4.79 Å². The Labute approximate surface area is 79.3 Å². The summed E-state index contributed by atoms with van der Waals surface area (Å²) in [5, 5.41) is 6.59. The summed E-state index contributed by atoms with van der Waals surface area (Å²) in [6.07, 6.45) is 1.15. The van der Waals surface area contributed by atoms with Gasteiger partial charge in [-0.2, -0.15) is 0 Å². The van der Waals surface area contributed by atoms with E-state index >= 15 is 0 Å². The molecule has 0 bridgehead atoms. The lowest BCUT2D eigenvalue weighted by atomic mass is 10.2. The standard InChI is InChI=1S/C9H6N2O3/c12-9(7-4-2-1-3-5-7)14-8-6-13-11-10-8/h1-6H. The van der Waals surface area contributed by atoms with E-state index < -0.39 is 5.97 Å². The molecule has 0 fully saturated rings. The molecule has 14 heavy (non-hydrogen) atoms. The first kappa shape index (κ1) is 8.43. The van der Waals surface area contributed by atoms with Crippen LogP contribution in [0.15, 0.2) is 41.1 Å². The summed E-state index contributed by atoms with van der Waals surface area (Å²) < 4.78 is 9.25. The fraction of sp³-hybridized carbons (Fsp3) is 0. The normalized spacial score (nSPS) is 9.71. The van der Waals surface area contributed by atoms with Gasteiger partial charge in [0.25, 0.3) is 5.88 Å². The zero-order chi connectivity index (χ0) is 9.80. The summed E-state index contributed by atoms with van der Waals surface area (Å²) in [5.41, 5.74) is 0.454. The number of rotatable bonds is 2. The van der Waals surface area contributed by atoms with Crippen LogP contribution in [0.3, 0.4) is 0 Å². The van der Waals surface area contributed by atoms with Crippen molar-refractivity contribution in [3.63, 3.8) is 0 Å². The van der Waals surface area contributed by atoms with E-state index in [4.69, 9.17) is 4.74 Å². The molecular weight excluding hydrogens is 184 g/mol. The van der Waals surface area contributed by atoms with Crippen molar-refractivity contribution < 1.29 is 14.1 Å². The van der Waals surface area contributed by atoms with Crippen LogP contribution < -0.4 is 4.74 Å². The quantitative estimate of drug-likeness (QED) is 0.667. The summed E-state index contributed by atoms with van der Waals surface area (Å²) in [6, 6.07) is 8.61. The molecule has 2 rings (SSSR count). The Hall–Kier alpha value is -2.17. The molecule has 0 spiro atoms. The largest absolute Gasteiger partial charge is 0.399 e. The lowest BCUT2D eigenvalue weighted by Crippen LogP contribution is -2.08. The smallest absolute Gasteiger partial charge is 0.345 e. The molecule has 0 saturated carbocycles. The lowest BCUT2D eigenvalue weighted by Gasteiger charge is -1.97. The van der Waals surface area contributed by atoms with Gasteiger partial charge >= 0.3 is 5.97 Å². The zero-order valence-electron chi connectivity index (χ0n) is 7.08. The van der Waals surface area contributed by atoms with E-state index in [1.807, 2.05) is 6.07 Å². The monoisotopic (exact) mass is 190 g/mol. The van der Waals surface area contributed by atoms with Gasteiger partial charge < -0.3 is 9.26 Å². The molecule has 1 heterocycles. The van der Waals surface area contributed by atoms with Crippen LogP contribution in [0.25, 0.3) is 0 Å². The minimum Gasteiger partial charge on any atom is -0.399 e. The number of carbonyl (C=O) groups excluding carboxylic acids is 1. The van der Waals surface area contributed by atoms with Gasteiger partial charge in [0.05, 0.1) is 5.56 Å². The summed E-state index contributed by atoms with van der Waals surface area (Å²) in [6.45, 7) is 0. The van der Waals surface area contributed by atoms with E-state index in [0.29, 0.717) is 5.56 Å². The minimum absolute atomic E-state index is 0.0545. The molecule has 0 atom stereocenters. The summed E-state index contributed by atoms with van der Waals surface area (Å²) in [5.74, 6) is -0.430. The average Bonchev–Trinajstić information content (AvgIpc) is 2.72. The third-order valence-electron chi connectivity index (χ3n) is 1.55. The van der Waals surface area contributed by atoms with Crippen molar-refractivity contribution in [3.8, 4) is 5.88 Å². The predicted octanol–water partition coefficient (Wildman–Crippen LogP) is 1.29. The van der Waals surface area contributed by atoms with Crippen LogP contribution in [0.2, 0.25) is 0 Å². The van der Waals surface area contributed by atoms with Crippen molar-refractivity contribution in [1.82, 2.24) is 10.4 Å². The van der Waals surface area contributed by atoms with Gasteiger partial charge in [-0.1, -0.05) is 23.3 Å². The molecule has 0 radical (unpaired) electrons. The SMILES string of the molecule is O=C(Oc1conn1)c1ccccc1. The highest BCUT2D eigenvalue weighted by molar-refractivity contribution is 5.90. The van der Waals surface area contributed by atoms with Crippen LogP contribution >= 0.6 is 0 Å². The molecule has 5 heteroatoms. The van der Waals surface area contributed by atoms with E-state index in [2.05, 4.69) is 14.9 Å². The molecule has 1 aromatic heterocycles. The van der Waals surface area contributed by atoms with Crippen LogP contribution in [0.4, 0.5) is 0 Å². The molecule has 1 aromatic carbocycles. The number of benzene rings is 1. The molecule has 0 N–H and O–H groups in total. The molecule has 5 nitrogen and oxygen atoms in total. The fourth-order valence-electron chi connectivity index (χ4n) is 0.929. The molecule has 2 aromatic rings. The van der Waals surface area contributed by atoms with Crippen molar-refractivity contribution in [2.45, 2.75) is 0 Å². The van der Waals surface area contributed by atoms with Gasteiger partial charge in [-0.15, -0.1) is 0 Å². The number of ether oxygens (including phenoxy) is 1. The maximum absolute atomic E-state index is 11.4. The first-order valence-corrected chi connectivity index (χ1v) is 3.90. The molecule has 0 aliphatic heterocycles. The number of hydrogen-bond donors (Lipinski definition) is 0. The van der Waals surface area contributed by atoms with Crippen molar-refractivity contribution in [3.05, 3.63) is 42.2 Å². The van der Waals surface area contributed by atoms with Gasteiger partial charge in [0.2, 0.25) is 0 Å². The van der Waals surface area contributed by atoms with Crippen molar-refractivity contribution in [1.29, 1.82) is 0 Å². The van der Waals surface area contributed by atoms with Crippen LogP contribution in [0.1, 0.15) is 10.4 Å². The molecule has 70 valence electrons. The number of carbonyl (C=O) groups is 1. The first-order valence-electron chi connectivity index (χ1n) is 3.90. The van der Waals surface area contributed by atoms with Gasteiger partial charge in [0, 0.05) is 5.27 Å². The molecule has 0 aliphatic rings. The lowest BCUT2D eigenvalue weighted by molar-refractivity contribution is 0.0727. The van der Waals surface area contributed by atoms with Gasteiger partial charge in [-0.25, -0.2) is 4.79 Å². The summed E-state index contributed by atoms with van der Waals surface area (Å²) in [7, 11) is 0. The van der Waals surface area contributed by atoms with Crippen molar-refractivity contribution in [2.75, 3.05) is 0 Å². The van der Waals surface area contributed by atoms with Crippen LogP contribution in [-0.2, 0) is 0 Å². The zero-order valence-corrected chi connectivity index (χ0v) is 7.08. The van der Waals surface area contributed by atoms with E-state index in [1.54, 1.807) is 24.3 Å². The van der Waals surface area contributed by atoms with Gasteiger partial charge in [0.1, 0.15) is 0 Å². The predicted molar refractivity (Wildman–Crippen MR) is 45.7 cm³/mol. The third kappa shape index (κ3) is 1.77. The van der Waals surface area contributed by atoms with Crippen LogP contribution in [0.5, 0.6) is 5.88 Å². The first-order chi connectivity index (χ1) is 6.86. The van der Waals surface area contributed by atoms with Gasteiger partial charge in [-0.05, 0) is 12.1 Å². The van der Waals surface area contributed by atoms with Gasteiger partial charge in [-0.3, -0.25) is 0 Å². The van der Waals surface area contributed by atoms with E-state index in [0.717, 1.165) is 6.26 Å². The highest BCUT2D eigenvalue weighted by atomic mass is 16.6. The molecule has 0 aliphatic carbocycles. The maximum Gasteiger partial charge on any atom is 0.345 e. The Bertz CT molecular complexity index is 411. The Kier molecular flexibility index (Phi) is 2.22. The van der Waals surface area contributed by atoms with Crippen molar-refractivity contribution in [2.24, 2.45) is 0 Å². The second kappa shape index (κ2) is 3.69. The van der Waals surface area contributed by atoms with E-state index in [-0.39, 0.29) is 5.88 Å². The summed E-state index contributed by atoms with van der Waals surface area (Å²) in [4.78, 5) is 11.4. The number of hydrogen-bond acceptors (Lipinski definition) is 5. The Balaban J connectivity index is 2.11. The minimum atomic E-state index is -0.485. The van der Waals surface area contributed by atoms with Crippen molar-refractivity contribution >= 4 is 5.97 Å². The second-order valence-electron chi connectivity index (χ2n) is 2.50. The third-order valence-corrected chi connectivity index (χ3v) is 1.55. The van der Waals surface area contributed by atoms with Gasteiger partial charge in [0.15, 0.2) is 6.26 Å². The number of esters is 1. The van der Waals surface area contributed by atoms with E-state index in [1.165, 1.54) is 0 Å². The number of nitrogens with zero attached hydrogens (tertiary/aromatic N) is 2. The van der Waals surface area contributed by atoms with Crippen LogP contribution in [-0.4, -0.2) is 16.3 Å². The second-order valence-corrected chi connectivity index (χ2v) is 2.50. The topological polar surface area (TPSA) is 65.2 Å². The highest BCUT2D eigenvalue weighted by Gasteiger charge is 2.09. The summed E-state index contributed by atoms with van der Waals surface area (Å²) >= 11 is 0. The Morgan fingerprint density at radius 3 is 2.71 bits per heavy atom. The molecule has 0 amide bonds. The number of aromatic nitrogens is 2. The highest BCUT2D eigenvalue weighted by Crippen LogP contribution is 2.07. The Morgan fingerprint density at radius 2 is 2.07 bits per heavy atom. The maximum atomic E-state index is 11.4. The Morgan fingerprint density at radius 1 is 1.29 bits per heavy atom.